The summed E-state index contributed by atoms with van der Waals surface area (Å²) in [5, 5.41) is 3.41. The summed E-state index contributed by atoms with van der Waals surface area (Å²) in [6, 6.07) is 0.541. The van der Waals surface area contributed by atoms with Crippen molar-refractivity contribution in [2.75, 3.05) is 13.2 Å². The Bertz CT molecular complexity index is 367. The summed E-state index contributed by atoms with van der Waals surface area (Å²) in [4.78, 5) is 4.64. The number of rotatable bonds is 4. The number of nitrogens with one attached hydrogen (secondary N) is 1. The molecule has 3 rings (SSSR count). The first-order valence-corrected chi connectivity index (χ1v) is 8.35. The van der Waals surface area contributed by atoms with E-state index in [9.17, 15) is 0 Å². The molecular formula is C16H30IN3O. The van der Waals surface area contributed by atoms with Gasteiger partial charge in [0.05, 0.1) is 12.6 Å². The Morgan fingerprint density at radius 1 is 1.24 bits per heavy atom. The maximum absolute atomic E-state index is 6.08. The first kappa shape index (κ1) is 17.3. The van der Waals surface area contributed by atoms with Crippen molar-refractivity contribution in [3.05, 3.63) is 0 Å². The Hall–Kier alpha value is -0.0400. The molecule has 0 amide bonds. The van der Waals surface area contributed by atoms with Gasteiger partial charge in [-0.15, -0.1) is 24.0 Å². The number of aliphatic imine (C=N–C) groups is 1. The minimum Gasteiger partial charge on any atom is -0.377 e. The molecule has 3 aliphatic rings. The molecule has 3 fully saturated rings. The van der Waals surface area contributed by atoms with Crippen LogP contribution in [0.4, 0.5) is 0 Å². The van der Waals surface area contributed by atoms with E-state index in [-0.39, 0.29) is 29.4 Å². The van der Waals surface area contributed by atoms with Crippen molar-refractivity contribution in [2.24, 2.45) is 22.1 Å². The molecule has 1 aliphatic heterocycles. The zero-order chi connectivity index (χ0) is 14.0. The van der Waals surface area contributed by atoms with E-state index in [1.165, 1.54) is 44.9 Å². The molecule has 2 saturated carbocycles. The van der Waals surface area contributed by atoms with E-state index in [0.717, 1.165) is 25.5 Å². The Morgan fingerprint density at radius 3 is 2.62 bits per heavy atom. The minimum absolute atomic E-state index is 0. The van der Waals surface area contributed by atoms with Gasteiger partial charge in [-0.3, -0.25) is 4.99 Å². The van der Waals surface area contributed by atoms with E-state index in [4.69, 9.17) is 10.5 Å². The highest BCUT2D eigenvalue weighted by Crippen LogP contribution is 2.47. The van der Waals surface area contributed by atoms with E-state index >= 15 is 0 Å². The predicted octanol–water partition coefficient (Wildman–Crippen LogP) is 3.05. The van der Waals surface area contributed by atoms with Gasteiger partial charge in [-0.1, -0.05) is 26.2 Å². The molecule has 21 heavy (non-hydrogen) atoms. The van der Waals surface area contributed by atoms with Crippen molar-refractivity contribution in [2.45, 2.75) is 70.4 Å². The molecule has 0 spiro atoms. The van der Waals surface area contributed by atoms with Gasteiger partial charge in [0.1, 0.15) is 0 Å². The topological polar surface area (TPSA) is 59.6 Å². The van der Waals surface area contributed by atoms with Crippen LogP contribution in [-0.4, -0.2) is 31.3 Å². The number of hydrogen-bond donors (Lipinski definition) is 2. The van der Waals surface area contributed by atoms with Crippen LogP contribution in [0, 0.1) is 11.3 Å². The summed E-state index contributed by atoms with van der Waals surface area (Å²) in [6.07, 6.45) is 10.7. The SMILES string of the molecule is CC1(CN=C(N)NC2CCCCC2)CCOC1C1CC1.I. The van der Waals surface area contributed by atoms with Gasteiger partial charge >= 0.3 is 0 Å². The first-order chi connectivity index (χ1) is 9.67. The zero-order valence-electron chi connectivity index (χ0n) is 13.1. The van der Waals surface area contributed by atoms with Crippen LogP contribution in [0.25, 0.3) is 0 Å². The standard InChI is InChI=1S/C16H29N3O.HI/c1-16(9-10-20-14(16)12-7-8-12)11-18-15(17)19-13-5-3-2-4-6-13;/h12-14H,2-11H2,1H3,(H3,17,18,19);1H. The fraction of sp³-hybridized carbons (Fsp3) is 0.938. The largest absolute Gasteiger partial charge is 0.377 e. The van der Waals surface area contributed by atoms with Gasteiger partial charge in [-0.05, 0) is 38.0 Å². The van der Waals surface area contributed by atoms with Crippen molar-refractivity contribution >= 4 is 29.9 Å². The van der Waals surface area contributed by atoms with Gasteiger partial charge in [0, 0.05) is 18.1 Å². The molecule has 3 N–H and O–H groups in total. The van der Waals surface area contributed by atoms with Gasteiger partial charge in [0.2, 0.25) is 0 Å². The predicted molar refractivity (Wildman–Crippen MR) is 97.1 cm³/mol. The Labute approximate surface area is 145 Å². The summed E-state index contributed by atoms with van der Waals surface area (Å²) in [6.45, 7) is 4.02. The van der Waals surface area contributed by atoms with Crippen LogP contribution in [0.15, 0.2) is 4.99 Å². The Kier molecular flexibility index (Phi) is 6.17. The average Bonchev–Trinajstić information content (AvgIpc) is 3.21. The van der Waals surface area contributed by atoms with Crippen molar-refractivity contribution in [1.82, 2.24) is 5.32 Å². The van der Waals surface area contributed by atoms with Crippen LogP contribution < -0.4 is 11.1 Å². The van der Waals surface area contributed by atoms with Crippen molar-refractivity contribution in [3.63, 3.8) is 0 Å². The summed E-state index contributed by atoms with van der Waals surface area (Å²) in [5.41, 5.74) is 6.27. The smallest absolute Gasteiger partial charge is 0.188 e. The molecule has 0 bridgehead atoms. The molecule has 2 atom stereocenters. The number of nitrogens with zero attached hydrogens (tertiary/aromatic N) is 1. The second-order valence-electron chi connectivity index (χ2n) is 7.21. The van der Waals surface area contributed by atoms with E-state index in [1.807, 2.05) is 0 Å². The lowest BCUT2D eigenvalue weighted by Crippen LogP contribution is -2.42. The summed E-state index contributed by atoms with van der Waals surface area (Å²) < 4.78 is 5.94. The fourth-order valence-corrected chi connectivity index (χ4v) is 3.80. The lowest BCUT2D eigenvalue weighted by Gasteiger charge is -2.29. The van der Waals surface area contributed by atoms with Gasteiger partial charge in [0.15, 0.2) is 5.96 Å². The summed E-state index contributed by atoms with van der Waals surface area (Å²) in [5.74, 6) is 1.42. The highest BCUT2D eigenvalue weighted by atomic mass is 127. The second-order valence-corrected chi connectivity index (χ2v) is 7.21. The maximum atomic E-state index is 6.08. The molecule has 122 valence electrons. The number of ether oxygens (including phenoxy) is 1. The van der Waals surface area contributed by atoms with E-state index in [0.29, 0.717) is 18.1 Å². The third-order valence-electron chi connectivity index (χ3n) is 5.28. The van der Waals surface area contributed by atoms with Gasteiger partial charge in [-0.2, -0.15) is 0 Å². The Balaban J connectivity index is 0.00000161. The molecule has 1 heterocycles. The van der Waals surface area contributed by atoms with Crippen LogP contribution in [-0.2, 0) is 4.74 Å². The fourth-order valence-electron chi connectivity index (χ4n) is 3.80. The summed E-state index contributed by atoms with van der Waals surface area (Å²) >= 11 is 0. The minimum atomic E-state index is 0. The monoisotopic (exact) mass is 407 g/mol. The Morgan fingerprint density at radius 2 is 1.95 bits per heavy atom. The maximum Gasteiger partial charge on any atom is 0.188 e. The lowest BCUT2D eigenvalue weighted by molar-refractivity contribution is 0.0424. The third kappa shape index (κ3) is 4.47. The molecule has 2 unspecified atom stereocenters. The zero-order valence-corrected chi connectivity index (χ0v) is 15.5. The van der Waals surface area contributed by atoms with E-state index < -0.39 is 0 Å². The molecule has 5 heteroatoms. The highest BCUT2D eigenvalue weighted by molar-refractivity contribution is 14.0. The first-order valence-electron chi connectivity index (χ1n) is 8.35. The molecule has 0 aromatic rings. The quantitative estimate of drug-likeness (QED) is 0.428. The van der Waals surface area contributed by atoms with Crippen molar-refractivity contribution < 1.29 is 4.74 Å². The van der Waals surface area contributed by atoms with Crippen LogP contribution in [0.5, 0.6) is 0 Å². The third-order valence-corrected chi connectivity index (χ3v) is 5.28. The molecule has 0 aromatic carbocycles. The number of nitrogens with two attached hydrogens (primary N) is 1. The second kappa shape index (κ2) is 7.49. The van der Waals surface area contributed by atoms with Crippen LogP contribution in [0.2, 0.25) is 0 Å². The number of hydrogen-bond acceptors (Lipinski definition) is 2. The molecule has 4 nitrogen and oxygen atoms in total. The van der Waals surface area contributed by atoms with Crippen LogP contribution in [0.3, 0.4) is 0 Å². The molecular weight excluding hydrogens is 377 g/mol. The van der Waals surface area contributed by atoms with Crippen LogP contribution >= 0.6 is 24.0 Å². The molecule has 1 saturated heterocycles. The number of guanidine groups is 1. The highest BCUT2D eigenvalue weighted by Gasteiger charge is 2.47. The van der Waals surface area contributed by atoms with Crippen LogP contribution in [0.1, 0.15) is 58.3 Å². The van der Waals surface area contributed by atoms with Crippen molar-refractivity contribution in [1.29, 1.82) is 0 Å². The molecule has 0 aromatic heterocycles. The average molecular weight is 407 g/mol. The number of halogens is 1. The van der Waals surface area contributed by atoms with E-state index in [1.54, 1.807) is 0 Å². The van der Waals surface area contributed by atoms with Gasteiger partial charge in [-0.25, -0.2) is 0 Å². The normalized spacial score (nSPS) is 34.5. The molecule has 2 aliphatic carbocycles. The lowest BCUT2D eigenvalue weighted by atomic mass is 9.81. The van der Waals surface area contributed by atoms with Crippen molar-refractivity contribution in [3.8, 4) is 0 Å². The summed E-state index contributed by atoms with van der Waals surface area (Å²) in [7, 11) is 0. The van der Waals surface area contributed by atoms with Gasteiger partial charge in [0.25, 0.3) is 0 Å². The molecule has 0 radical (unpaired) electrons. The van der Waals surface area contributed by atoms with E-state index in [2.05, 4.69) is 17.2 Å². The van der Waals surface area contributed by atoms with Gasteiger partial charge < -0.3 is 15.8 Å².